The second kappa shape index (κ2) is 8.94. The Morgan fingerprint density at radius 2 is 1.87 bits per heavy atom. The van der Waals surface area contributed by atoms with Gasteiger partial charge in [-0.15, -0.1) is 34.4 Å². The number of anilines is 1. The minimum atomic E-state index is 0.0923. The third-order valence-electron chi connectivity index (χ3n) is 5.26. The zero-order chi connectivity index (χ0) is 21.2. The molecule has 4 heterocycles. The van der Waals surface area contributed by atoms with Crippen LogP contribution in [0.2, 0.25) is 0 Å². The number of thiazole rings is 1. The van der Waals surface area contributed by atoms with Gasteiger partial charge in [0.1, 0.15) is 17.0 Å². The van der Waals surface area contributed by atoms with Crippen molar-refractivity contribution in [2.45, 2.75) is 17.6 Å². The molecule has 6 nitrogen and oxygen atoms in total. The average molecular weight is 468 g/mol. The van der Waals surface area contributed by atoms with Crippen LogP contribution in [0.25, 0.3) is 10.2 Å². The van der Waals surface area contributed by atoms with E-state index in [1.807, 2.05) is 41.5 Å². The number of nitrogens with zero attached hydrogens (tertiary/aromatic N) is 5. The SMILES string of the molecule is Cc1nc(CSc2ccc(C(=O)N3CCN(c4ncnc5sccc45)CC3)cc2)cs1. The summed E-state index contributed by atoms with van der Waals surface area (Å²) in [5, 5.41) is 6.33. The molecule has 31 heavy (non-hydrogen) atoms. The summed E-state index contributed by atoms with van der Waals surface area (Å²) in [5.74, 6) is 1.91. The van der Waals surface area contributed by atoms with Crippen molar-refractivity contribution in [1.82, 2.24) is 19.9 Å². The van der Waals surface area contributed by atoms with Gasteiger partial charge >= 0.3 is 0 Å². The number of aromatic nitrogens is 3. The number of rotatable bonds is 5. The van der Waals surface area contributed by atoms with Gasteiger partial charge in [-0.3, -0.25) is 4.79 Å². The molecule has 158 valence electrons. The Kier molecular flexibility index (Phi) is 5.89. The molecule has 0 saturated carbocycles. The molecule has 1 aliphatic heterocycles. The molecule has 0 unspecified atom stereocenters. The van der Waals surface area contributed by atoms with Crippen molar-refractivity contribution >= 4 is 56.4 Å². The van der Waals surface area contributed by atoms with Gasteiger partial charge < -0.3 is 9.80 Å². The van der Waals surface area contributed by atoms with Gasteiger partial charge in [-0.05, 0) is 42.6 Å². The van der Waals surface area contributed by atoms with Crippen molar-refractivity contribution in [3.8, 4) is 0 Å². The van der Waals surface area contributed by atoms with Gasteiger partial charge in [0.05, 0.1) is 16.1 Å². The van der Waals surface area contributed by atoms with Crippen LogP contribution < -0.4 is 4.90 Å². The molecule has 1 saturated heterocycles. The monoisotopic (exact) mass is 467 g/mol. The zero-order valence-electron chi connectivity index (χ0n) is 17.0. The highest BCUT2D eigenvalue weighted by molar-refractivity contribution is 7.98. The number of fused-ring (bicyclic) bond motifs is 1. The molecule has 0 radical (unpaired) electrons. The van der Waals surface area contributed by atoms with E-state index < -0.39 is 0 Å². The maximum absolute atomic E-state index is 13.0. The van der Waals surface area contributed by atoms with Crippen molar-refractivity contribution in [3.05, 3.63) is 63.7 Å². The van der Waals surface area contributed by atoms with Crippen LogP contribution in [0.4, 0.5) is 5.82 Å². The number of thiophene rings is 1. The van der Waals surface area contributed by atoms with Gasteiger partial charge in [-0.1, -0.05) is 0 Å². The molecule has 0 aliphatic carbocycles. The van der Waals surface area contributed by atoms with Gasteiger partial charge in [0, 0.05) is 47.8 Å². The summed E-state index contributed by atoms with van der Waals surface area (Å²) in [6, 6.07) is 10.00. The zero-order valence-corrected chi connectivity index (χ0v) is 19.5. The molecule has 9 heteroatoms. The maximum atomic E-state index is 13.0. The molecular weight excluding hydrogens is 446 g/mol. The lowest BCUT2D eigenvalue weighted by atomic mass is 10.2. The van der Waals surface area contributed by atoms with Gasteiger partial charge in [0.25, 0.3) is 5.91 Å². The van der Waals surface area contributed by atoms with Gasteiger partial charge in [-0.25, -0.2) is 15.0 Å². The van der Waals surface area contributed by atoms with Crippen LogP contribution in [-0.2, 0) is 5.75 Å². The summed E-state index contributed by atoms with van der Waals surface area (Å²) in [7, 11) is 0. The van der Waals surface area contributed by atoms with E-state index in [-0.39, 0.29) is 5.91 Å². The first-order valence-electron chi connectivity index (χ1n) is 10.0. The minimum Gasteiger partial charge on any atom is -0.352 e. The van der Waals surface area contributed by atoms with Crippen LogP contribution in [0.15, 0.2) is 52.3 Å². The average Bonchev–Trinajstić information content (AvgIpc) is 3.46. The number of carbonyl (C=O) groups is 1. The maximum Gasteiger partial charge on any atom is 0.253 e. The summed E-state index contributed by atoms with van der Waals surface area (Å²) >= 11 is 5.05. The van der Waals surface area contributed by atoms with E-state index in [9.17, 15) is 4.79 Å². The number of hydrogen-bond donors (Lipinski definition) is 0. The topological polar surface area (TPSA) is 62.2 Å². The number of piperazine rings is 1. The Bertz CT molecular complexity index is 1200. The molecule has 5 rings (SSSR count). The Hall–Kier alpha value is -2.49. The fourth-order valence-corrected chi connectivity index (χ4v) is 5.89. The predicted octanol–water partition coefficient (Wildman–Crippen LogP) is 4.71. The molecule has 3 aromatic heterocycles. The molecular formula is C22H21N5OS3. The number of aryl methyl sites for hydroxylation is 1. The van der Waals surface area contributed by atoms with Crippen molar-refractivity contribution in [2.24, 2.45) is 0 Å². The third kappa shape index (κ3) is 4.44. The van der Waals surface area contributed by atoms with Crippen molar-refractivity contribution in [3.63, 3.8) is 0 Å². The normalized spacial score (nSPS) is 14.4. The van der Waals surface area contributed by atoms with E-state index in [0.717, 1.165) is 56.0 Å². The lowest BCUT2D eigenvalue weighted by Crippen LogP contribution is -2.49. The summed E-state index contributed by atoms with van der Waals surface area (Å²) in [6.45, 7) is 4.95. The number of hydrogen-bond acceptors (Lipinski definition) is 8. The minimum absolute atomic E-state index is 0.0923. The van der Waals surface area contributed by atoms with E-state index in [0.29, 0.717) is 13.1 Å². The Labute approximate surface area is 193 Å². The number of benzene rings is 1. The van der Waals surface area contributed by atoms with Gasteiger partial charge in [0.15, 0.2) is 0 Å². The number of thioether (sulfide) groups is 1. The van der Waals surface area contributed by atoms with Crippen LogP contribution in [-0.4, -0.2) is 51.9 Å². The van der Waals surface area contributed by atoms with Gasteiger partial charge in [-0.2, -0.15) is 0 Å². The molecule has 1 fully saturated rings. The van der Waals surface area contributed by atoms with E-state index in [2.05, 4.69) is 31.3 Å². The molecule has 1 aromatic carbocycles. The van der Waals surface area contributed by atoms with E-state index in [4.69, 9.17) is 0 Å². The second-order valence-corrected chi connectivity index (χ2v) is 10.3. The summed E-state index contributed by atoms with van der Waals surface area (Å²) in [4.78, 5) is 32.6. The lowest BCUT2D eigenvalue weighted by Gasteiger charge is -2.35. The quantitative estimate of drug-likeness (QED) is 0.396. The van der Waals surface area contributed by atoms with Crippen LogP contribution in [0.1, 0.15) is 21.1 Å². The first-order valence-corrected chi connectivity index (χ1v) is 12.8. The molecule has 0 spiro atoms. The van der Waals surface area contributed by atoms with Crippen molar-refractivity contribution < 1.29 is 4.79 Å². The van der Waals surface area contributed by atoms with E-state index in [1.165, 1.54) is 0 Å². The van der Waals surface area contributed by atoms with Crippen molar-refractivity contribution in [2.75, 3.05) is 31.1 Å². The molecule has 4 aromatic rings. The lowest BCUT2D eigenvalue weighted by molar-refractivity contribution is 0.0746. The highest BCUT2D eigenvalue weighted by Crippen LogP contribution is 2.28. The Morgan fingerprint density at radius 3 is 2.61 bits per heavy atom. The molecule has 1 amide bonds. The summed E-state index contributed by atoms with van der Waals surface area (Å²) < 4.78 is 0. The molecule has 0 bridgehead atoms. The molecule has 0 N–H and O–H groups in total. The van der Waals surface area contributed by atoms with Crippen LogP contribution in [0.3, 0.4) is 0 Å². The third-order valence-corrected chi connectivity index (χ3v) is 7.95. The summed E-state index contributed by atoms with van der Waals surface area (Å²) in [5.41, 5.74) is 1.85. The fraction of sp³-hybridized carbons (Fsp3) is 0.273. The predicted molar refractivity (Wildman–Crippen MR) is 128 cm³/mol. The summed E-state index contributed by atoms with van der Waals surface area (Å²) in [6.07, 6.45) is 1.63. The molecule has 0 atom stereocenters. The molecule has 1 aliphatic rings. The van der Waals surface area contributed by atoms with Crippen LogP contribution in [0.5, 0.6) is 0 Å². The Balaban J connectivity index is 1.19. The first kappa shape index (κ1) is 20.4. The van der Waals surface area contributed by atoms with E-state index >= 15 is 0 Å². The van der Waals surface area contributed by atoms with E-state index in [1.54, 1.807) is 40.8 Å². The van der Waals surface area contributed by atoms with Crippen LogP contribution in [0, 0.1) is 6.92 Å². The standard InChI is InChI=1S/C22H21N5OS3/c1-15-25-17(12-30-15)13-31-18-4-2-16(3-5-18)22(28)27-9-7-26(8-10-27)20-19-6-11-29-21(19)24-14-23-20/h2-6,11-12,14H,7-10,13H2,1H3. The smallest absolute Gasteiger partial charge is 0.253 e. The highest BCUT2D eigenvalue weighted by atomic mass is 32.2. The van der Waals surface area contributed by atoms with Gasteiger partial charge in [0.2, 0.25) is 0 Å². The Morgan fingerprint density at radius 1 is 1.06 bits per heavy atom. The fourth-order valence-electron chi connectivity index (χ4n) is 3.66. The highest BCUT2D eigenvalue weighted by Gasteiger charge is 2.24. The number of amides is 1. The first-order chi connectivity index (χ1) is 15.2. The van der Waals surface area contributed by atoms with Crippen molar-refractivity contribution in [1.29, 1.82) is 0 Å². The number of carbonyl (C=O) groups excluding carboxylic acids is 1. The largest absolute Gasteiger partial charge is 0.352 e. The second-order valence-electron chi connectivity index (χ2n) is 7.29. The van der Waals surface area contributed by atoms with Crippen LogP contribution >= 0.6 is 34.4 Å².